The Morgan fingerprint density at radius 1 is 1.47 bits per heavy atom. The number of aryl methyl sites for hydroxylation is 1. The molecule has 1 aromatic carbocycles. The van der Waals surface area contributed by atoms with Crippen LogP contribution in [0.5, 0.6) is 0 Å². The third kappa shape index (κ3) is 1.88. The van der Waals surface area contributed by atoms with E-state index in [2.05, 4.69) is 5.18 Å². The highest BCUT2D eigenvalue weighted by Gasteiger charge is 2.17. The van der Waals surface area contributed by atoms with Crippen molar-refractivity contribution in [2.45, 2.75) is 27.2 Å². The molecule has 1 aromatic rings. The van der Waals surface area contributed by atoms with Gasteiger partial charge in [0.2, 0.25) is 0 Å². The van der Waals surface area contributed by atoms with Crippen LogP contribution in [0.1, 0.15) is 34.0 Å². The number of hydrogen-bond acceptors (Lipinski definition) is 3. The van der Waals surface area contributed by atoms with Crippen molar-refractivity contribution < 1.29 is 9.90 Å². The molecule has 0 bridgehead atoms. The zero-order valence-electron chi connectivity index (χ0n) is 9.00. The van der Waals surface area contributed by atoms with E-state index >= 15 is 0 Å². The lowest BCUT2D eigenvalue weighted by atomic mass is 9.95. The van der Waals surface area contributed by atoms with Crippen LogP contribution in [0.25, 0.3) is 0 Å². The summed E-state index contributed by atoms with van der Waals surface area (Å²) in [6.45, 7) is 5.53. The van der Waals surface area contributed by atoms with Gasteiger partial charge < -0.3 is 5.11 Å². The molecule has 0 unspecified atom stereocenters. The van der Waals surface area contributed by atoms with Crippen LogP contribution in [0.2, 0.25) is 0 Å². The van der Waals surface area contributed by atoms with Gasteiger partial charge in [0.05, 0.1) is 5.56 Å². The highest BCUT2D eigenvalue weighted by molar-refractivity contribution is 5.94. The summed E-state index contributed by atoms with van der Waals surface area (Å²) in [5, 5.41) is 11.7. The molecular formula is C11H13NO3. The van der Waals surface area contributed by atoms with Crippen molar-refractivity contribution in [1.29, 1.82) is 0 Å². The SMILES string of the molecule is CCc1c(C)cc(C(=O)O)c(N=O)c1C. The number of carboxylic acid groups (broad SMARTS) is 1. The van der Waals surface area contributed by atoms with Crippen LogP contribution < -0.4 is 0 Å². The highest BCUT2D eigenvalue weighted by Crippen LogP contribution is 2.29. The maximum atomic E-state index is 10.9. The molecule has 0 spiro atoms. The number of aromatic carboxylic acids is 1. The largest absolute Gasteiger partial charge is 0.478 e. The summed E-state index contributed by atoms with van der Waals surface area (Å²) >= 11 is 0. The average molecular weight is 207 g/mol. The molecule has 1 rings (SSSR count). The molecule has 4 heteroatoms. The number of nitrogens with zero attached hydrogens (tertiary/aromatic N) is 1. The van der Waals surface area contributed by atoms with Gasteiger partial charge in [-0.1, -0.05) is 6.92 Å². The number of benzene rings is 1. The first-order chi connectivity index (χ1) is 7.02. The zero-order chi connectivity index (χ0) is 11.6. The summed E-state index contributed by atoms with van der Waals surface area (Å²) in [7, 11) is 0. The molecule has 0 aliphatic rings. The Balaban J connectivity index is 3.58. The minimum absolute atomic E-state index is 0.0165. The first kappa shape index (κ1) is 11.4. The van der Waals surface area contributed by atoms with E-state index in [-0.39, 0.29) is 11.3 Å². The van der Waals surface area contributed by atoms with Gasteiger partial charge in [0.1, 0.15) is 5.69 Å². The van der Waals surface area contributed by atoms with E-state index < -0.39 is 5.97 Å². The quantitative estimate of drug-likeness (QED) is 0.775. The Morgan fingerprint density at radius 2 is 2.07 bits per heavy atom. The fourth-order valence-electron chi connectivity index (χ4n) is 1.84. The van der Waals surface area contributed by atoms with Crippen molar-refractivity contribution in [1.82, 2.24) is 0 Å². The van der Waals surface area contributed by atoms with Crippen LogP contribution in [-0.2, 0) is 6.42 Å². The molecule has 0 fully saturated rings. The van der Waals surface area contributed by atoms with Gasteiger partial charge in [-0.3, -0.25) is 0 Å². The number of hydrogen-bond donors (Lipinski definition) is 1. The molecule has 0 saturated heterocycles. The van der Waals surface area contributed by atoms with Crippen molar-refractivity contribution in [2.24, 2.45) is 5.18 Å². The molecule has 1 N–H and O–H groups in total. The Labute approximate surface area is 87.9 Å². The standard InChI is InChI=1S/C11H13NO3/c1-4-8-6(2)5-9(11(13)14)10(12-15)7(8)3/h5H,4H2,1-3H3,(H,13,14). The molecule has 0 aromatic heterocycles. The number of nitroso groups, excluding NO2 is 1. The van der Waals surface area contributed by atoms with Crippen LogP contribution in [0.3, 0.4) is 0 Å². The predicted octanol–water partition coefficient (Wildman–Crippen LogP) is 2.96. The lowest BCUT2D eigenvalue weighted by Gasteiger charge is -2.11. The van der Waals surface area contributed by atoms with Crippen LogP contribution in [-0.4, -0.2) is 11.1 Å². The van der Waals surface area contributed by atoms with Crippen molar-refractivity contribution in [3.05, 3.63) is 33.2 Å². The minimum Gasteiger partial charge on any atom is -0.478 e. The van der Waals surface area contributed by atoms with E-state index in [9.17, 15) is 9.70 Å². The normalized spacial score (nSPS) is 10.1. The fraction of sp³-hybridized carbons (Fsp3) is 0.364. The van der Waals surface area contributed by atoms with E-state index in [0.717, 1.165) is 17.5 Å². The molecule has 4 nitrogen and oxygen atoms in total. The lowest BCUT2D eigenvalue weighted by molar-refractivity contribution is 0.0697. The second-order valence-electron chi connectivity index (χ2n) is 3.44. The summed E-state index contributed by atoms with van der Waals surface area (Å²) in [6, 6.07) is 1.50. The third-order valence-corrected chi connectivity index (χ3v) is 2.58. The van der Waals surface area contributed by atoms with Gasteiger partial charge >= 0.3 is 5.97 Å². The Bertz CT molecular complexity index is 424. The van der Waals surface area contributed by atoms with Gasteiger partial charge in [0.15, 0.2) is 0 Å². The number of carbonyl (C=O) groups is 1. The van der Waals surface area contributed by atoms with E-state index in [1.165, 1.54) is 6.07 Å². The Hall–Kier alpha value is -1.71. The van der Waals surface area contributed by atoms with Crippen molar-refractivity contribution in [3.63, 3.8) is 0 Å². The van der Waals surface area contributed by atoms with Gasteiger partial charge in [-0.2, -0.15) is 0 Å². The zero-order valence-corrected chi connectivity index (χ0v) is 9.00. The average Bonchev–Trinajstić information content (AvgIpc) is 2.17. The lowest BCUT2D eigenvalue weighted by Crippen LogP contribution is -2.02. The molecule has 0 heterocycles. The Kier molecular flexibility index (Phi) is 3.19. The maximum Gasteiger partial charge on any atom is 0.338 e. The second kappa shape index (κ2) is 4.21. The molecule has 0 radical (unpaired) electrons. The maximum absolute atomic E-state index is 10.9. The number of rotatable bonds is 3. The minimum atomic E-state index is -1.11. The number of carboxylic acids is 1. The summed E-state index contributed by atoms with van der Waals surface area (Å²) in [4.78, 5) is 21.5. The summed E-state index contributed by atoms with van der Waals surface area (Å²) in [5.74, 6) is -1.11. The third-order valence-electron chi connectivity index (χ3n) is 2.58. The monoisotopic (exact) mass is 207 g/mol. The van der Waals surface area contributed by atoms with Crippen LogP contribution >= 0.6 is 0 Å². The first-order valence-electron chi connectivity index (χ1n) is 4.72. The van der Waals surface area contributed by atoms with Gasteiger partial charge in [-0.25, -0.2) is 4.79 Å². The van der Waals surface area contributed by atoms with E-state index in [0.29, 0.717) is 5.56 Å². The van der Waals surface area contributed by atoms with Crippen molar-refractivity contribution in [2.75, 3.05) is 0 Å². The first-order valence-corrected chi connectivity index (χ1v) is 4.72. The molecule has 0 aliphatic carbocycles. The molecule has 0 aliphatic heterocycles. The van der Waals surface area contributed by atoms with E-state index in [4.69, 9.17) is 5.11 Å². The van der Waals surface area contributed by atoms with Crippen LogP contribution in [0.4, 0.5) is 5.69 Å². The van der Waals surface area contributed by atoms with Crippen LogP contribution in [0.15, 0.2) is 11.2 Å². The predicted molar refractivity (Wildman–Crippen MR) is 57.7 cm³/mol. The van der Waals surface area contributed by atoms with Gasteiger partial charge in [0.25, 0.3) is 0 Å². The highest BCUT2D eigenvalue weighted by atomic mass is 16.4. The van der Waals surface area contributed by atoms with Crippen molar-refractivity contribution in [3.8, 4) is 0 Å². The van der Waals surface area contributed by atoms with Crippen LogP contribution in [0, 0.1) is 18.8 Å². The molecular weight excluding hydrogens is 194 g/mol. The van der Waals surface area contributed by atoms with Gasteiger partial charge in [-0.05, 0) is 48.2 Å². The fourth-order valence-corrected chi connectivity index (χ4v) is 1.84. The topological polar surface area (TPSA) is 66.7 Å². The second-order valence-corrected chi connectivity index (χ2v) is 3.44. The summed E-state index contributed by atoms with van der Waals surface area (Å²) in [5.41, 5.74) is 2.58. The summed E-state index contributed by atoms with van der Waals surface area (Å²) < 4.78 is 0. The Morgan fingerprint density at radius 3 is 2.47 bits per heavy atom. The van der Waals surface area contributed by atoms with Gasteiger partial charge in [-0.15, -0.1) is 4.91 Å². The van der Waals surface area contributed by atoms with E-state index in [1.54, 1.807) is 6.92 Å². The summed E-state index contributed by atoms with van der Waals surface area (Å²) in [6.07, 6.45) is 0.764. The van der Waals surface area contributed by atoms with Gasteiger partial charge in [0, 0.05) is 0 Å². The molecule has 0 amide bonds. The van der Waals surface area contributed by atoms with E-state index in [1.807, 2.05) is 13.8 Å². The molecule has 0 atom stereocenters. The smallest absolute Gasteiger partial charge is 0.338 e. The molecule has 0 saturated carbocycles. The van der Waals surface area contributed by atoms with Crippen molar-refractivity contribution >= 4 is 11.7 Å². The molecule has 80 valence electrons. The molecule has 15 heavy (non-hydrogen) atoms.